The zero-order valence-corrected chi connectivity index (χ0v) is 21.1. The number of nitrogens with one attached hydrogen (secondary N) is 4. The summed E-state index contributed by atoms with van der Waals surface area (Å²) < 4.78 is 0. The number of nitro groups is 1. The van der Waals surface area contributed by atoms with E-state index in [0.29, 0.717) is 35.1 Å². The van der Waals surface area contributed by atoms with Crippen LogP contribution in [0.4, 0.5) is 10.7 Å². The normalized spacial score (nSPS) is 19.2. The van der Waals surface area contributed by atoms with E-state index in [4.69, 9.17) is 0 Å². The van der Waals surface area contributed by atoms with Gasteiger partial charge in [-0.05, 0) is 80.4 Å². The fourth-order valence-corrected chi connectivity index (χ4v) is 5.62. The van der Waals surface area contributed by atoms with Crippen molar-refractivity contribution in [1.82, 2.24) is 10.6 Å². The minimum absolute atomic E-state index is 0.0137. The van der Waals surface area contributed by atoms with E-state index in [2.05, 4.69) is 21.3 Å². The molecule has 10 heteroatoms. The highest BCUT2D eigenvalue weighted by Gasteiger charge is 2.34. The first-order valence-corrected chi connectivity index (χ1v) is 13.4. The van der Waals surface area contributed by atoms with Crippen LogP contribution in [0.25, 0.3) is 0 Å². The molecule has 4 N–H and O–H groups in total. The molecular formula is C26H31N5O4S. The molecule has 3 aliphatic carbocycles. The largest absolute Gasteiger partial charge is 0.381 e. The molecule has 0 radical (unpaired) electrons. The van der Waals surface area contributed by atoms with Gasteiger partial charge in [-0.3, -0.25) is 9.59 Å². The Labute approximate surface area is 213 Å². The average Bonchev–Trinajstić information content (AvgIpc) is 3.78. The summed E-state index contributed by atoms with van der Waals surface area (Å²) >= 11 is 1.49. The minimum Gasteiger partial charge on any atom is -0.381 e. The summed E-state index contributed by atoms with van der Waals surface area (Å²) in [6.45, 7) is 2.61. The molecule has 9 nitrogen and oxygen atoms in total. The molecule has 3 aliphatic rings. The Kier molecular flexibility index (Phi) is 6.95. The van der Waals surface area contributed by atoms with Crippen molar-refractivity contribution in [1.29, 1.82) is 0 Å². The number of carbonyl (C=O) groups excluding carboxylic acids is 2. The third kappa shape index (κ3) is 5.87. The van der Waals surface area contributed by atoms with Gasteiger partial charge in [0.1, 0.15) is 10.7 Å². The van der Waals surface area contributed by atoms with Gasteiger partial charge >= 0.3 is 5.82 Å². The van der Waals surface area contributed by atoms with Gasteiger partial charge in [-0.25, -0.2) is 5.32 Å². The van der Waals surface area contributed by atoms with E-state index in [0.717, 1.165) is 54.5 Å². The molecule has 2 saturated carbocycles. The van der Waals surface area contributed by atoms with Crippen molar-refractivity contribution in [3.8, 4) is 0 Å². The smallest absolute Gasteiger partial charge is 0.336 e. The lowest BCUT2D eigenvalue weighted by Crippen LogP contribution is -2.34. The summed E-state index contributed by atoms with van der Waals surface area (Å²) in [6, 6.07) is 7.32. The maximum Gasteiger partial charge on any atom is 0.336 e. The molecule has 2 amide bonds. The molecule has 0 saturated heterocycles. The van der Waals surface area contributed by atoms with Crippen LogP contribution in [0.15, 0.2) is 36.3 Å². The van der Waals surface area contributed by atoms with Gasteiger partial charge in [0.2, 0.25) is 5.91 Å². The molecule has 36 heavy (non-hydrogen) atoms. The van der Waals surface area contributed by atoms with Gasteiger partial charge in [0, 0.05) is 23.4 Å². The van der Waals surface area contributed by atoms with Gasteiger partial charge in [0.15, 0.2) is 0 Å². The van der Waals surface area contributed by atoms with Crippen molar-refractivity contribution >= 4 is 33.8 Å². The number of hydrogen-bond donors (Lipinski definition) is 4. The van der Waals surface area contributed by atoms with E-state index in [-0.39, 0.29) is 29.6 Å². The summed E-state index contributed by atoms with van der Waals surface area (Å²) in [6.07, 6.45) is 7.56. The summed E-state index contributed by atoms with van der Waals surface area (Å²) in [5, 5.41) is 24.4. The van der Waals surface area contributed by atoms with Crippen molar-refractivity contribution in [3.63, 3.8) is 0 Å². The molecule has 0 bridgehead atoms. The number of hydrogen-bond acceptors (Lipinski definition) is 7. The number of carbonyl (C=O) groups is 2. The molecule has 2 fully saturated rings. The third-order valence-corrected chi connectivity index (χ3v) is 8.10. The number of rotatable bonds is 10. The van der Waals surface area contributed by atoms with Crippen LogP contribution in [0, 0.1) is 28.9 Å². The van der Waals surface area contributed by atoms with Crippen LogP contribution in [0.2, 0.25) is 0 Å². The predicted molar refractivity (Wildman–Crippen MR) is 140 cm³/mol. The molecule has 5 rings (SSSR count). The Balaban J connectivity index is 1.32. The van der Waals surface area contributed by atoms with Crippen molar-refractivity contribution < 1.29 is 14.5 Å². The highest BCUT2D eigenvalue weighted by atomic mass is 32.1. The maximum atomic E-state index is 13.2. The van der Waals surface area contributed by atoms with Crippen molar-refractivity contribution in [2.45, 2.75) is 57.9 Å². The molecular weight excluding hydrogens is 478 g/mol. The van der Waals surface area contributed by atoms with E-state index in [1.54, 1.807) is 12.1 Å². The Hall–Kier alpha value is -3.40. The maximum absolute atomic E-state index is 13.2. The molecule has 2 aromatic rings. The molecule has 190 valence electrons. The zero-order valence-electron chi connectivity index (χ0n) is 20.3. The van der Waals surface area contributed by atoms with Gasteiger partial charge < -0.3 is 26.1 Å². The summed E-state index contributed by atoms with van der Waals surface area (Å²) in [5.74, 6) is 0.297. The number of benzene rings is 1. The quantitative estimate of drug-likeness (QED) is 0.281. The standard InChI is InChI=1S/C26H31N5O4S/c1-15-2-8-18(9-3-15)29-22(31(34)35)14-27-19-10-11-21-20(12-19)23(25(33)28-13-16-4-5-16)26(36-21)30-24(32)17-6-7-17/h2-3,8-9,14,16-17,19,27,29H,4-7,10-13H2,1H3,(H,28,33)(H,30,32). The summed E-state index contributed by atoms with van der Waals surface area (Å²) in [5.41, 5.74) is 3.21. The van der Waals surface area contributed by atoms with Gasteiger partial charge in [0.25, 0.3) is 5.91 Å². The number of aryl methyl sites for hydroxylation is 2. The zero-order chi connectivity index (χ0) is 25.2. The highest BCUT2D eigenvalue weighted by Crippen LogP contribution is 2.40. The Morgan fingerprint density at radius 1 is 1.11 bits per heavy atom. The number of anilines is 2. The Morgan fingerprint density at radius 3 is 2.53 bits per heavy atom. The topological polar surface area (TPSA) is 125 Å². The van der Waals surface area contributed by atoms with Crippen LogP contribution >= 0.6 is 11.3 Å². The Morgan fingerprint density at radius 2 is 1.86 bits per heavy atom. The van der Waals surface area contributed by atoms with Crippen LogP contribution in [-0.4, -0.2) is 29.3 Å². The second-order valence-electron chi connectivity index (χ2n) is 10.0. The summed E-state index contributed by atoms with van der Waals surface area (Å²) in [4.78, 5) is 38.0. The van der Waals surface area contributed by atoms with E-state index >= 15 is 0 Å². The van der Waals surface area contributed by atoms with E-state index in [1.807, 2.05) is 19.1 Å². The van der Waals surface area contributed by atoms with Gasteiger partial charge in [0.05, 0.1) is 11.8 Å². The number of fused-ring (bicyclic) bond motifs is 1. The first-order valence-electron chi connectivity index (χ1n) is 12.5. The fraction of sp³-hybridized carbons (Fsp3) is 0.462. The van der Waals surface area contributed by atoms with Gasteiger partial charge in [-0.2, -0.15) is 0 Å². The predicted octanol–water partition coefficient (Wildman–Crippen LogP) is 4.18. The molecule has 1 aromatic carbocycles. The van der Waals surface area contributed by atoms with Crippen molar-refractivity contribution in [2.75, 3.05) is 17.2 Å². The van der Waals surface area contributed by atoms with E-state index in [1.165, 1.54) is 17.5 Å². The molecule has 1 heterocycles. The Bertz CT molecular complexity index is 1200. The number of nitrogens with zero attached hydrogens (tertiary/aromatic N) is 1. The van der Waals surface area contributed by atoms with Crippen LogP contribution in [0.5, 0.6) is 0 Å². The lowest BCUT2D eigenvalue weighted by atomic mass is 9.91. The van der Waals surface area contributed by atoms with Crippen LogP contribution < -0.4 is 21.3 Å². The lowest BCUT2D eigenvalue weighted by Gasteiger charge is -2.23. The molecule has 0 aliphatic heterocycles. The van der Waals surface area contributed by atoms with E-state index in [9.17, 15) is 19.7 Å². The van der Waals surface area contributed by atoms with Crippen molar-refractivity contribution in [2.24, 2.45) is 11.8 Å². The first kappa shape index (κ1) is 24.3. The monoisotopic (exact) mass is 509 g/mol. The lowest BCUT2D eigenvalue weighted by molar-refractivity contribution is -0.423. The van der Waals surface area contributed by atoms with Gasteiger partial charge in [-0.15, -0.1) is 11.3 Å². The van der Waals surface area contributed by atoms with Gasteiger partial charge in [-0.1, -0.05) is 17.7 Å². The van der Waals surface area contributed by atoms with Crippen LogP contribution in [-0.2, 0) is 17.6 Å². The fourth-order valence-electron chi connectivity index (χ4n) is 4.38. The second kappa shape index (κ2) is 10.3. The molecule has 0 spiro atoms. The SMILES string of the molecule is Cc1ccc(NC(=CNC2CCc3sc(NC(=O)C4CC4)c(C(=O)NCC4CC4)c3C2)[N+](=O)[O-])cc1. The third-order valence-electron chi connectivity index (χ3n) is 6.90. The van der Waals surface area contributed by atoms with Crippen LogP contribution in [0.1, 0.15) is 58.5 Å². The summed E-state index contributed by atoms with van der Waals surface area (Å²) in [7, 11) is 0. The highest BCUT2D eigenvalue weighted by molar-refractivity contribution is 7.17. The van der Waals surface area contributed by atoms with E-state index < -0.39 is 4.92 Å². The second-order valence-corrected chi connectivity index (χ2v) is 11.1. The van der Waals surface area contributed by atoms with Crippen molar-refractivity contribution in [3.05, 3.63) is 68.0 Å². The molecule has 1 aromatic heterocycles. The first-order chi connectivity index (χ1) is 17.4. The number of amides is 2. The number of thiophene rings is 1. The average molecular weight is 510 g/mol. The minimum atomic E-state index is -0.450. The molecule has 1 unspecified atom stereocenters. The molecule has 1 atom stereocenters. The van der Waals surface area contributed by atoms with Crippen LogP contribution in [0.3, 0.4) is 0 Å².